The highest BCUT2D eigenvalue weighted by molar-refractivity contribution is 5.95. The third-order valence-corrected chi connectivity index (χ3v) is 2.77. The van der Waals surface area contributed by atoms with Crippen molar-refractivity contribution >= 4 is 11.7 Å². The molecule has 0 fully saturated rings. The summed E-state index contributed by atoms with van der Waals surface area (Å²) >= 11 is 0. The van der Waals surface area contributed by atoms with Crippen molar-refractivity contribution < 1.29 is 4.79 Å². The summed E-state index contributed by atoms with van der Waals surface area (Å²) in [5.74, 6) is 2.40. The van der Waals surface area contributed by atoms with Crippen LogP contribution in [0.3, 0.4) is 0 Å². The third kappa shape index (κ3) is 1.74. The Morgan fingerprint density at radius 3 is 3.12 bits per heavy atom. The Balaban J connectivity index is 2.22. The number of terminal acetylenes is 1. The molecule has 0 radical (unpaired) electrons. The Labute approximate surface area is 95.5 Å². The summed E-state index contributed by atoms with van der Waals surface area (Å²) in [5.41, 5.74) is 2.20. The standard InChI is InChI=1S/C13H14N2O/c1-3-8-14-13(16)15-10(2)9-11-6-4-5-7-12(11)15/h1,4-7,10H,8-9H2,2H3,(H,14,16). The number of urea groups is 1. The molecule has 1 aromatic rings. The number of fused-ring (bicyclic) bond motifs is 1. The van der Waals surface area contributed by atoms with Crippen LogP contribution in [0.25, 0.3) is 0 Å². The number of hydrogen-bond donors (Lipinski definition) is 1. The number of benzene rings is 1. The van der Waals surface area contributed by atoms with E-state index in [1.54, 1.807) is 4.90 Å². The number of carbonyl (C=O) groups is 1. The fourth-order valence-electron chi connectivity index (χ4n) is 2.09. The molecular formula is C13H14N2O. The average Bonchev–Trinajstić information content (AvgIpc) is 2.62. The van der Waals surface area contributed by atoms with Gasteiger partial charge in [-0.15, -0.1) is 6.42 Å². The number of amides is 2. The van der Waals surface area contributed by atoms with Gasteiger partial charge in [-0.1, -0.05) is 24.1 Å². The van der Waals surface area contributed by atoms with E-state index >= 15 is 0 Å². The summed E-state index contributed by atoms with van der Waals surface area (Å²) in [6, 6.07) is 8.03. The number of rotatable bonds is 1. The highest BCUT2D eigenvalue weighted by Crippen LogP contribution is 2.31. The van der Waals surface area contributed by atoms with Crippen LogP contribution in [-0.2, 0) is 6.42 Å². The molecule has 0 saturated heterocycles. The maximum atomic E-state index is 11.9. The summed E-state index contributed by atoms with van der Waals surface area (Å²) in [5, 5.41) is 2.70. The second-order valence-corrected chi connectivity index (χ2v) is 3.91. The summed E-state index contributed by atoms with van der Waals surface area (Å²) < 4.78 is 0. The van der Waals surface area contributed by atoms with Gasteiger partial charge in [0, 0.05) is 11.7 Å². The molecule has 82 valence electrons. The Kier molecular flexibility index (Phi) is 2.82. The van der Waals surface area contributed by atoms with Crippen molar-refractivity contribution in [2.75, 3.05) is 11.4 Å². The first-order valence-corrected chi connectivity index (χ1v) is 5.32. The Bertz CT molecular complexity index is 447. The number of carbonyl (C=O) groups excluding carboxylic acids is 1. The van der Waals surface area contributed by atoms with Crippen LogP contribution in [-0.4, -0.2) is 18.6 Å². The maximum absolute atomic E-state index is 11.9. The molecule has 1 atom stereocenters. The van der Waals surface area contributed by atoms with Crippen LogP contribution in [0.2, 0.25) is 0 Å². The summed E-state index contributed by atoms with van der Waals surface area (Å²) in [4.78, 5) is 13.7. The summed E-state index contributed by atoms with van der Waals surface area (Å²) in [6.07, 6.45) is 6.02. The van der Waals surface area contributed by atoms with Crippen LogP contribution < -0.4 is 10.2 Å². The van der Waals surface area contributed by atoms with Crippen LogP contribution >= 0.6 is 0 Å². The molecule has 0 aliphatic carbocycles. The molecule has 1 aliphatic rings. The molecule has 1 aliphatic heterocycles. The minimum absolute atomic E-state index is 0.115. The maximum Gasteiger partial charge on any atom is 0.322 e. The van der Waals surface area contributed by atoms with Gasteiger partial charge in [0.25, 0.3) is 0 Å². The van der Waals surface area contributed by atoms with Gasteiger partial charge in [-0.3, -0.25) is 4.90 Å². The van der Waals surface area contributed by atoms with Gasteiger partial charge in [0.2, 0.25) is 0 Å². The van der Waals surface area contributed by atoms with Crippen LogP contribution in [0, 0.1) is 12.3 Å². The quantitative estimate of drug-likeness (QED) is 0.710. The fraction of sp³-hybridized carbons (Fsp3) is 0.308. The average molecular weight is 214 g/mol. The number of nitrogens with one attached hydrogen (secondary N) is 1. The van der Waals surface area contributed by atoms with E-state index in [0.29, 0.717) is 0 Å². The Morgan fingerprint density at radius 2 is 2.38 bits per heavy atom. The van der Waals surface area contributed by atoms with E-state index in [0.717, 1.165) is 12.1 Å². The van der Waals surface area contributed by atoms with Crippen molar-refractivity contribution in [1.29, 1.82) is 0 Å². The van der Waals surface area contributed by atoms with Crippen LogP contribution in [0.1, 0.15) is 12.5 Å². The molecule has 2 rings (SSSR count). The van der Waals surface area contributed by atoms with E-state index < -0.39 is 0 Å². The Morgan fingerprint density at radius 1 is 1.62 bits per heavy atom. The van der Waals surface area contributed by atoms with Crippen molar-refractivity contribution in [3.8, 4) is 12.3 Å². The van der Waals surface area contributed by atoms with Gasteiger partial charge < -0.3 is 5.32 Å². The molecule has 0 spiro atoms. The van der Waals surface area contributed by atoms with E-state index in [1.807, 2.05) is 25.1 Å². The first kappa shape index (κ1) is 10.6. The molecule has 0 saturated carbocycles. The monoisotopic (exact) mass is 214 g/mol. The van der Waals surface area contributed by atoms with E-state index in [2.05, 4.69) is 17.3 Å². The number of para-hydroxylation sites is 1. The third-order valence-electron chi connectivity index (χ3n) is 2.77. The second-order valence-electron chi connectivity index (χ2n) is 3.91. The molecule has 1 aromatic carbocycles. The number of hydrogen-bond acceptors (Lipinski definition) is 1. The van der Waals surface area contributed by atoms with E-state index in [9.17, 15) is 4.79 Å². The minimum Gasteiger partial charge on any atom is -0.327 e. The highest BCUT2D eigenvalue weighted by Gasteiger charge is 2.29. The fourth-order valence-corrected chi connectivity index (χ4v) is 2.09. The van der Waals surface area contributed by atoms with Crippen molar-refractivity contribution in [2.45, 2.75) is 19.4 Å². The summed E-state index contributed by atoms with van der Waals surface area (Å²) in [7, 11) is 0. The molecule has 0 bridgehead atoms. The lowest BCUT2D eigenvalue weighted by atomic mass is 10.1. The van der Waals surface area contributed by atoms with Crippen LogP contribution in [0.5, 0.6) is 0 Å². The molecule has 3 nitrogen and oxygen atoms in total. The predicted octanol–water partition coefficient (Wildman–Crippen LogP) is 1.78. The number of anilines is 1. The molecule has 0 aromatic heterocycles. The zero-order valence-corrected chi connectivity index (χ0v) is 9.23. The lowest BCUT2D eigenvalue weighted by Crippen LogP contribution is -2.43. The van der Waals surface area contributed by atoms with Crippen molar-refractivity contribution in [3.63, 3.8) is 0 Å². The van der Waals surface area contributed by atoms with E-state index in [4.69, 9.17) is 6.42 Å². The topological polar surface area (TPSA) is 32.3 Å². The van der Waals surface area contributed by atoms with Crippen LogP contribution in [0.15, 0.2) is 24.3 Å². The van der Waals surface area contributed by atoms with Crippen molar-refractivity contribution in [3.05, 3.63) is 29.8 Å². The predicted molar refractivity (Wildman–Crippen MR) is 64.3 cm³/mol. The largest absolute Gasteiger partial charge is 0.327 e. The lowest BCUT2D eigenvalue weighted by molar-refractivity contribution is 0.246. The lowest BCUT2D eigenvalue weighted by Gasteiger charge is -2.22. The van der Waals surface area contributed by atoms with Gasteiger partial charge in [0.1, 0.15) is 0 Å². The molecule has 1 heterocycles. The van der Waals surface area contributed by atoms with Crippen LogP contribution in [0.4, 0.5) is 10.5 Å². The van der Waals surface area contributed by atoms with Gasteiger partial charge in [-0.05, 0) is 25.0 Å². The van der Waals surface area contributed by atoms with Gasteiger partial charge in [0.05, 0.1) is 6.54 Å². The molecule has 2 amide bonds. The van der Waals surface area contributed by atoms with E-state index in [-0.39, 0.29) is 18.6 Å². The van der Waals surface area contributed by atoms with E-state index in [1.165, 1.54) is 5.56 Å². The summed E-state index contributed by atoms with van der Waals surface area (Å²) in [6.45, 7) is 2.31. The molecule has 3 heteroatoms. The molecule has 1 N–H and O–H groups in total. The highest BCUT2D eigenvalue weighted by atomic mass is 16.2. The first-order chi connectivity index (χ1) is 7.74. The van der Waals surface area contributed by atoms with Gasteiger partial charge in [-0.2, -0.15) is 0 Å². The zero-order valence-electron chi connectivity index (χ0n) is 9.23. The number of nitrogens with zero attached hydrogens (tertiary/aromatic N) is 1. The van der Waals surface area contributed by atoms with Crippen molar-refractivity contribution in [2.24, 2.45) is 0 Å². The van der Waals surface area contributed by atoms with Gasteiger partial charge in [0.15, 0.2) is 0 Å². The zero-order chi connectivity index (χ0) is 11.5. The molecular weight excluding hydrogens is 200 g/mol. The molecule has 1 unspecified atom stereocenters. The van der Waals surface area contributed by atoms with Gasteiger partial charge >= 0.3 is 6.03 Å². The Hall–Kier alpha value is -1.95. The van der Waals surface area contributed by atoms with Crippen molar-refractivity contribution in [1.82, 2.24) is 5.32 Å². The minimum atomic E-state index is -0.115. The second kappa shape index (κ2) is 4.28. The van der Waals surface area contributed by atoms with Gasteiger partial charge in [-0.25, -0.2) is 4.79 Å². The molecule has 16 heavy (non-hydrogen) atoms. The normalized spacial score (nSPS) is 17.8. The smallest absolute Gasteiger partial charge is 0.322 e. The SMILES string of the molecule is C#CCNC(=O)N1c2ccccc2CC1C. The first-order valence-electron chi connectivity index (χ1n) is 5.32.